The third-order valence-electron chi connectivity index (χ3n) is 2.36. The van der Waals surface area contributed by atoms with Crippen LogP contribution in [0.4, 0.5) is 0 Å². The number of hydrogen-bond donors (Lipinski definition) is 0. The van der Waals surface area contributed by atoms with Gasteiger partial charge < -0.3 is 0 Å². The van der Waals surface area contributed by atoms with Crippen LogP contribution in [0.2, 0.25) is 0 Å². The van der Waals surface area contributed by atoms with E-state index in [1.807, 2.05) is 24.3 Å². The van der Waals surface area contributed by atoms with Crippen LogP contribution in [-0.2, 0) is 0 Å². The van der Waals surface area contributed by atoms with Gasteiger partial charge in [0.25, 0.3) is 0 Å². The second kappa shape index (κ2) is 5.11. The van der Waals surface area contributed by atoms with Crippen molar-refractivity contribution in [2.24, 2.45) is 0 Å². The van der Waals surface area contributed by atoms with E-state index >= 15 is 0 Å². The molecule has 0 aliphatic heterocycles. The first-order chi connectivity index (χ1) is 8.20. The average Bonchev–Trinajstić information content (AvgIpc) is 2.38. The van der Waals surface area contributed by atoms with Crippen LogP contribution in [0.25, 0.3) is 0 Å². The molecule has 2 aromatic carbocycles. The lowest BCUT2D eigenvalue weighted by Gasteiger charge is -2.01. The van der Waals surface area contributed by atoms with Gasteiger partial charge in [0.15, 0.2) is 5.78 Å². The van der Waals surface area contributed by atoms with Crippen molar-refractivity contribution >= 4 is 28.4 Å². The Morgan fingerprint density at radius 3 is 2.35 bits per heavy atom. The number of benzene rings is 2. The number of carbonyl (C=O) groups is 1. The minimum absolute atomic E-state index is 0.0204. The van der Waals surface area contributed by atoms with Crippen LogP contribution in [-0.4, -0.2) is 5.78 Å². The van der Waals surface area contributed by atoms with Crippen LogP contribution in [0.5, 0.6) is 0 Å². The van der Waals surface area contributed by atoms with Crippen LogP contribution in [0, 0.1) is 14.9 Å². The highest BCUT2D eigenvalue weighted by atomic mass is 127. The van der Waals surface area contributed by atoms with Gasteiger partial charge in [-0.2, -0.15) is 5.26 Å². The SMILES string of the molecule is N#Cc1ccc(C(=O)c2cccc(I)c2)cc1. The fourth-order valence-electron chi connectivity index (χ4n) is 1.49. The Balaban J connectivity index is 2.34. The van der Waals surface area contributed by atoms with E-state index in [1.54, 1.807) is 30.3 Å². The second-order valence-electron chi connectivity index (χ2n) is 3.53. The Morgan fingerprint density at radius 2 is 1.76 bits per heavy atom. The van der Waals surface area contributed by atoms with Gasteiger partial charge in [0, 0.05) is 14.7 Å². The van der Waals surface area contributed by atoms with Crippen molar-refractivity contribution in [3.05, 3.63) is 68.8 Å². The maximum absolute atomic E-state index is 12.1. The van der Waals surface area contributed by atoms with E-state index in [2.05, 4.69) is 22.6 Å². The molecule has 0 unspecified atom stereocenters. The minimum Gasteiger partial charge on any atom is -0.289 e. The summed E-state index contributed by atoms with van der Waals surface area (Å²) in [5.41, 5.74) is 1.83. The van der Waals surface area contributed by atoms with Crippen LogP contribution in [0.15, 0.2) is 48.5 Å². The molecule has 0 atom stereocenters. The number of carbonyl (C=O) groups excluding carboxylic acids is 1. The Bertz CT molecular complexity index is 596. The molecule has 2 nitrogen and oxygen atoms in total. The Labute approximate surface area is 113 Å². The first kappa shape index (κ1) is 11.8. The van der Waals surface area contributed by atoms with Crippen molar-refractivity contribution < 1.29 is 4.79 Å². The Kier molecular flexibility index (Phi) is 3.55. The summed E-state index contributed by atoms with van der Waals surface area (Å²) < 4.78 is 1.03. The van der Waals surface area contributed by atoms with Crippen LogP contribution in [0.3, 0.4) is 0 Å². The van der Waals surface area contributed by atoms with E-state index < -0.39 is 0 Å². The van der Waals surface area contributed by atoms with Crippen molar-refractivity contribution in [2.75, 3.05) is 0 Å². The van der Waals surface area contributed by atoms with Gasteiger partial charge in [0.1, 0.15) is 0 Å². The number of halogens is 1. The van der Waals surface area contributed by atoms with Crippen molar-refractivity contribution in [2.45, 2.75) is 0 Å². The van der Waals surface area contributed by atoms with Crippen molar-refractivity contribution in [3.8, 4) is 6.07 Å². The van der Waals surface area contributed by atoms with Gasteiger partial charge in [-0.1, -0.05) is 12.1 Å². The fraction of sp³-hybridized carbons (Fsp3) is 0. The summed E-state index contributed by atoms with van der Waals surface area (Å²) in [4.78, 5) is 12.1. The average molecular weight is 333 g/mol. The molecule has 82 valence electrons. The summed E-state index contributed by atoms with van der Waals surface area (Å²) in [6.45, 7) is 0. The molecule has 0 aromatic heterocycles. The molecule has 2 aromatic rings. The molecular formula is C14H8INO. The molecule has 0 aliphatic rings. The van der Waals surface area contributed by atoms with Gasteiger partial charge >= 0.3 is 0 Å². The highest BCUT2D eigenvalue weighted by Gasteiger charge is 2.08. The second-order valence-corrected chi connectivity index (χ2v) is 4.77. The van der Waals surface area contributed by atoms with Crippen LogP contribution in [0.1, 0.15) is 21.5 Å². The molecule has 0 radical (unpaired) electrons. The predicted octanol–water partition coefficient (Wildman–Crippen LogP) is 3.39. The molecule has 0 saturated carbocycles. The maximum Gasteiger partial charge on any atom is 0.193 e. The summed E-state index contributed by atoms with van der Waals surface area (Å²) in [6.07, 6.45) is 0. The maximum atomic E-state index is 12.1. The van der Waals surface area contributed by atoms with E-state index in [0.717, 1.165) is 3.57 Å². The van der Waals surface area contributed by atoms with Crippen molar-refractivity contribution in [3.63, 3.8) is 0 Å². The number of hydrogen-bond acceptors (Lipinski definition) is 2. The first-order valence-corrected chi connectivity index (χ1v) is 6.09. The number of rotatable bonds is 2. The van der Waals surface area contributed by atoms with E-state index in [0.29, 0.717) is 16.7 Å². The third kappa shape index (κ3) is 2.71. The molecule has 2 rings (SSSR count). The van der Waals surface area contributed by atoms with Crippen LogP contribution < -0.4 is 0 Å². The molecule has 17 heavy (non-hydrogen) atoms. The zero-order chi connectivity index (χ0) is 12.3. The Morgan fingerprint density at radius 1 is 1.06 bits per heavy atom. The molecule has 0 saturated heterocycles. The van der Waals surface area contributed by atoms with Crippen LogP contribution >= 0.6 is 22.6 Å². The van der Waals surface area contributed by atoms with Gasteiger partial charge in [-0.3, -0.25) is 4.79 Å². The summed E-state index contributed by atoms with van der Waals surface area (Å²) in [6, 6.07) is 16.1. The van der Waals surface area contributed by atoms with Gasteiger partial charge in [-0.25, -0.2) is 0 Å². The summed E-state index contributed by atoms with van der Waals surface area (Å²) in [5.74, 6) is -0.0204. The molecule has 0 spiro atoms. The Hall–Kier alpha value is -1.67. The molecule has 0 aliphatic carbocycles. The zero-order valence-electron chi connectivity index (χ0n) is 8.85. The number of ketones is 1. The van der Waals surface area contributed by atoms with Gasteiger partial charge in [0.2, 0.25) is 0 Å². The highest BCUT2D eigenvalue weighted by molar-refractivity contribution is 14.1. The summed E-state index contributed by atoms with van der Waals surface area (Å²) >= 11 is 2.17. The quantitative estimate of drug-likeness (QED) is 0.624. The molecule has 0 bridgehead atoms. The molecule has 0 heterocycles. The molecule has 3 heteroatoms. The first-order valence-electron chi connectivity index (χ1n) is 5.01. The monoisotopic (exact) mass is 333 g/mol. The molecule has 0 amide bonds. The van der Waals surface area contributed by atoms with Gasteiger partial charge in [0.05, 0.1) is 11.6 Å². The standard InChI is InChI=1S/C14H8INO/c15-13-3-1-2-12(8-13)14(17)11-6-4-10(9-16)5-7-11/h1-8H. The van der Waals surface area contributed by atoms with Crippen molar-refractivity contribution in [1.29, 1.82) is 5.26 Å². The topological polar surface area (TPSA) is 40.9 Å². The fourth-order valence-corrected chi connectivity index (χ4v) is 2.04. The number of nitrogens with zero attached hydrogens (tertiary/aromatic N) is 1. The molecule has 0 N–H and O–H groups in total. The van der Waals surface area contributed by atoms with Crippen molar-refractivity contribution in [1.82, 2.24) is 0 Å². The normalized spacial score (nSPS) is 9.65. The van der Waals surface area contributed by atoms with Gasteiger partial charge in [-0.05, 0) is 59.0 Å². The minimum atomic E-state index is -0.0204. The molecular weight excluding hydrogens is 325 g/mol. The van der Waals surface area contributed by atoms with E-state index in [4.69, 9.17) is 5.26 Å². The smallest absolute Gasteiger partial charge is 0.193 e. The van der Waals surface area contributed by atoms with E-state index in [9.17, 15) is 4.79 Å². The van der Waals surface area contributed by atoms with E-state index in [-0.39, 0.29) is 5.78 Å². The lowest BCUT2D eigenvalue weighted by molar-refractivity contribution is 0.103. The largest absolute Gasteiger partial charge is 0.289 e. The third-order valence-corrected chi connectivity index (χ3v) is 3.03. The van der Waals surface area contributed by atoms with Gasteiger partial charge in [-0.15, -0.1) is 0 Å². The lowest BCUT2D eigenvalue weighted by Crippen LogP contribution is -2.01. The number of nitriles is 1. The highest BCUT2D eigenvalue weighted by Crippen LogP contribution is 2.13. The predicted molar refractivity (Wildman–Crippen MR) is 73.7 cm³/mol. The zero-order valence-corrected chi connectivity index (χ0v) is 11.0. The van der Waals surface area contributed by atoms with E-state index in [1.165, 1.54) is 0 Å². The molecule has 0 fully saturated rings. The lowest BCUT2D eigenvalue weighted by atomic mass is 10.0. The summed E-state index contributed by atoms with van der Waals surface area (Å²) in [7, 11) is 0. The summed E-state index contributed by atoms with van der Waals surface area (Å²) in [5, 5.41) is 8.68.